The molecule has 0 fully saturated rings. The van der Waals surface area contributed by atoms with Gasteiger partial charge in [-0.1, -0.05) is 83.1 Å². The second-order valence-electron chi connectivity index (χ2n) is 15.2. The SMILES string of the molecule is CC(C)(C)c1ccnc(Nc2cc(C(C)(C)C)cc(-c3cc(C(C)(C)C)cc(Oc4cc(C(C)(C)C)ccn4)n3)n2)c1. The van der Waals surface area contributed by atoms with E-state index < -0.39 is 0 Å². The van der Waals surface area contributed by atoms with Gasteiger partial charge < -0.3 is 10.1 Å². The van der Waals surface area contributed by atoms with Crippen LogP contribution in [0.15, 0.2) is 60.9 Å². The smallest absolute Gasteiger partial charge is 0.222 e. The zero-order valence-electron chi connectivity index (χ0n) is 27.5. The first-order valence-electron chi connectivity index (χ1n) is 14.7. The maximum absolute atomic E-state index is 6.30. The summed E-state index contributed by atoms with van der Waals surface area (Å²) < 4.78 is 6.30. The Kier molecular flexibility index (Phi) is 8.25. The lowest BCUT2D eigenvalue weighted by Gasteiger charge is -2.23. The fourth-order valence-corrected chi connectivity index (χ4v) is 4.42. The largest absolute Gasteiger partial charge is 0.421 e. The predicted octanol–water partition coefficient (Wildman–Crippen LogP) is 9.66. The van der Waals surface area contributed by atoms with Gasteiger partial charge in [-0.3, -0.25) is 0 Å². The van der Waals surface area contributed by atoms with Crippen molar-refractivity contribution in [3.8, 4) is 23.1 Å². The number of nitrogens with one attached hydrogen (secondary N) is 1. The Morgan fingerprint density at radius 1 is 0.476 bits per heavy atom. The Balaban J connectivity index is 1.81. The van der Waals surface area contributed by atoms with Gasteiger partial charge in [0.1, 0.15) is 11.6 Å². The molecule has 6 nitrogen and oxygen atoms in total. The van der Waals surface area contributed by atoms with E-state index in [2.05, 4.69) is 129 Å². The Morgan fingerprint density at radius 2 is 0.929 bits per heavy atom. The van der Waals surface area contributed by atoms with Gasteiger partial charge in [-0.2, -0.15) is 0 Å². The van der Waals surface area contributed by atoms with Gasteiger partial charge in [0.05, 0.1) is 11.4 Å². The molecule has 0 aliphatic rings. The number of hydrogen-bond donors (Lipinski definition) is 1. The van der Waals surface area contributed by atoms with Gasteiger partial charge in [0.2, 0.25) is 11.8 Å². The molecule has 4 rings (SSSR count). The first-order valence-corrected chi connectivity index (χ1v) is 14.7. The molecule has 42 heavy (non-hydrogen) atoms. The van der Waals surface area contributed by atoms with Crippen molar-refractivity contribution in [1.29, 1.82) is 0 Å². The molecule has 4 aromatic rings. The highest BCUT2D eigenvalue weighted by molar-refractivity contribution is 5.64. The zero-order chi connectivity index (χ0) is 31.1. The number of rotatable bonds is 5. The summed E-state index contributed by atoms with van der Waals surface area (Å²) in [6.07, 6.45) is 3.64. The molecule has 0 saturated heterocycles. The van der Waals surface area contributed by atoms with Gasteiger partial charge in [-0.05, 0) is 80.3 Å². The quantitative estimate of drug-likeness (QED) is 0.260. The first kappa shape index (κ1) is 31.1. The third-order valence-corrected chi connectivity index (χ3v) is 7.31. The topological polar surface area (TPSA) is 72.8 Å². The minimum absolute atomic E-state index is 0.0141. The lowest BCUT2D eigenvalue weighted by atomic mass is 9.85. The molecule has 0 saturated carbocycles. The minimum atomic E-state index is -0.128. The number of pyridine rings is 4. The minimum Gasteiger partial charge on any atom is -0.421 e. The van der Waals surface area contributed by atoms with E-state index >= 15 is 0 Å². The maximum atomic E-state index is 6.30. The van der Waals surface area contributed by atoms with Crippen LogP contribution in [0.2, 0.25) is 0 Å². The molecular weight excluding hydrogens is 518 g/mol. The fraction of sp³-hybridized carbons (Fsp3) is 0.444. The molecule has 222 valence electrons. The third-order valence-electron chi connectivity index (χ3n) is 7.31. The molecule has 0 amide bonds. The Bertz CT molecular complexity index is 1440. The Hall–Kier alpha value is -3.80. The molecule has 1 N–H and O–H groups in total. The monoisotopic (exact) mass is 565 g/mol. The van der Waals surface area contributed by atoms with Gasteiger partial charge in [0.15, 0.2) is 0 Å². The second kappa shape index (κ2) is 11.1. The van der Waals surface area contributed by atoms with E-state index in [1.807, 2.05) is 24.4 Å². The molecular formula is C36H47N5O. The van der Waals surface area contributed by atoms with Gasteiger partial charge in [-0.15, -0.1) is 0 Å². The summed E-state index contributed by atoms with van der Waals surface area (Å²) in [5.41, 5.74) is 5.88. The van der Waals surface area contributed by atoms with E-state index in [-0.39, 0.29) is 21.7 Å². The van der Waals surface area contributed by atoms with Crippen molar-refractivity contribution >= 4 is 11.6 Å². The molecule has 0 atom stereocenters. The molecule has 4 aromatic heterocycles. The van der Waals surface area contributed by atoms with Crippen molar-refractivity contribution in [2.45, 2.75) is 105 Å². The summed E-state index contributed by atoms with van der Waals surface area (Å²) in [6.45, 7) is 26.3. The standard InChI is InChI=1S/C36H47N5O/c1-33(2,3)23-13-15-37-29(19-23)41-30-20-25(35(7,8)9)17-27(39-30)28-18-26(36(10,11)12)22-32(40-28)42-31-21-24(14-16-38-31)34(4,5)6/h13-22H,1-12H3,(H,37,39,41). The van der Waals surface area contributed by atoms with Crippen LogP contribution in [0, 0.1) is 0 Å². The number of aromatic nitrogens is 4. The van der Waals surface area contributed by atoms with Crippen molar-refractivity contribution in [1.82, 2.24) is 19.9 Å². The average Bonchev–Trinajstić information content (AvgIpc) is 2.87. The highest BCUT2D eigenvalue weighted by Gasteiger charge is 2.22. The molecule has 0 aliphatic carbocycles. The molecule has 0 unspecified atom stereocenters. The summed E-state index contributed by atoms with van der Waals surface area (Å²) in [5.74, 6) is 2.50. The number of anilines is 2. The van der Waals surface area contributed by atoms with E-state index in [1.165, 1.54) is 5.56 Å². The van der Waals surface area contributed by atoms with E-state index in [4.69, 9.17) is 14.7 Å². The lowest BCUT2D eigenvalue weighted by molar-refractivity contribution is 0.438. The summed E-state index contributed by atoms with van der Waals surface area (Å²) >= 11 is 0. The highest BCUT2D eigenvalue weighted by atomic mass is 16.5. The van der Waals surface area contributed by atoms with Gasteiger partial charge in [0.25, 0.3) is 0 Å². The van der Waals surface area contributed by atoms with E-state index in [1.54, 1.807) is 6.20 Å². The van der Waals surface area contributed by atoms with Crippen molar-refractivity contribution < 1.29 is 4.74 Å². The van der Waals surface area contributed by atoms with Crippen LogP contribution in [-0.4, -0.2) is 19.9 Å². The zero-order valence-corrected chi connectivity index (χ0v) is 27.5. The predicted molar refractivity (Wildman–Crippen MR) is 174 cm³/mol. The van der Waals surface area contributed by atoms with Crippen LogP contribution in [-0.2, 0) is 21.7 Å². The van der Waals surface area contributed by atoms with E-state index in [9.17, 15) is 0 Å². The molecule has 0 bridgehead atoms. The number of nitrogens with zero attached hydrogens (tertiary/aromatic N) is 4. The normalized spacial score (nSPS) is 12.8. The number of ether oxygens (including phenoxy) is 1. The second-order valence-corrected chi connectivity index (χ2v) is 15.2. The van der Waals surface area contributed by atoms with E-state index in [0.717, 1.165) is 39.7 Å². The van der Waals surface area contributed by atoms with Crippen LogP contribution in [0.3, 0.4) is 0 Å². The third kappa shape index (κ3) is 7.72. The van der Waals surface area contributed by atoms with Crippen molar-refractivity contribution in [2.75, 3.05) is 5.32 Å². The van der Waals surface area contributed by atoms with Crippen molar-refractivity contribution in [2.24, 2.45) is 0 Å². The van der Waals surface area contributed by atoms with Crippen LogP contribution >= 0.6 is 0 Å². The number of hydrogen-bond acceptors (Lipinski definition) is 6. The van der Waals surface area contributed by atoms with Crippen LogP contribution in [0.5, 0.6) is 11.8 Å². The Labute approximate surface area is 252 Å². The molecule has 4 heterocycles. The van der Waals surface area contributed by atoms with Gasteiger partial charge in [-0.25, -0.2) is 19.9 Å². The van der Waals surface area contributed by atoms with Crippen LogP contribution < -0.4 is 10.1 Å². The van der Waals surface area contributed by atoms with Gasteiger partial charge in [0, 0.05) is 24.5 Å². The molecule has 0 spiro atoms. The van der Waals surface area contributed by atoms with Crippen LogP contribution in [0.1, 0.15) is 105 Å². The summed E-state index contributed by atoms with van der Waals surface area (Å²) in [6, 6.07) is 16.5. The first-order chi connectivity index (χ1) is 19.3. The summed E-state index contributed by atoms with van der Waals surface area (Å²) in [7, 11) is 0. The molecule has 0 aromatic carbocycles. The molecule has 0 radical (unpaired) electrons. The van der Waals surface area contributed by atoms with Crippen LogP contribution in [0.4, 0.5) is 11.6 Å². The van der Waals surface area contributed by atoms with Crippen molar-refractivity contribution in [3.63, 3.8) is 0 Å². The molecule has 6 heteroatoms. The molecule has 0 aliphatic heterocycles. The summed E-state index contributed by atoms with van der Waals surface area (Å²) in [5, 5.41) is 3.47. The summed E-state index contributed by atoms with van der Waals surface area (Å²) in [4.78, 5) is 19.1. The Morgan fingerprint density at radius 3 is 1.50 bits per heavy atom. The average molecular weight is 566 g/mol. The fourth-order valence-electron chi connectivity index (χ4n) is 4.42. The highest BCUT2D eigenvalue weighted by Crippen LogP contribution is 2.35. The lowest BCUT2D eigenvalue weighted by Crippen LogP contribution is -2.14. The van der Waals surface area contributed by atoms with Crippen molar-refractivity contribution in [3.05, 3.63) is 83.2 Å². The van der Waals surface area contributed by atoms with E-state index in [0.29, 0.717) is 11.8 Å². The van der Waals surface area contributed by atoms with Gasteiger partial charge >= 0.3 is 0 Å². The van der Waals surface area contributed by atoms with Crippen LogP contribution in [0.25, 0.3) is 11.4 Å². The maximum Gasteiger partial charge on any atom is 0.222 e.